The van der Waals surface area contributed by atoms with Gasteiger partial charge in [0.05, 0.1) is 55.8 Å². The monoisotopic (exact) mass is 870 g/mol. The number of nitrogens with one attached hydrogen (secondary N) is 4. The number of aromatic amines is 2. The van der Waals surface area contributed by atoms with Crippen molar-refractivity contribution in [3.63, 3.8) is 0 Å². The first-order chi connectivity index (χ1) is 31.1. The third-order valence-electron chi connectivity index (χ3n) is 13.5. The van der Waals surface area contributed by atoms with Gasteiger partial charge >= 0.3 is 12.2 Å². The van der Waals surface area contributed by atoms with E-state index in [0.717, 1.165) is 80.6 Å². The second-order valence-corrected chi connectivity index (χ2v) is 17.4. The summed E-state index contributed by atoms with van der Waals surface area (Å²) in [4.78, 5) is 73.3. The zero-order valence-corrected chi connectivity index (χ0v) is 36.1. The van der Waals surface area contributed by atoms with E-state index < -0.39 is 24.3 Å². The summed E-state index contributed by atoms with van der Waals surface area (Å²) in [5.41, 5.74) is 7.15. The fourth-order valence-corrected chi connectivity index (χ4v) is 10.4. The van der Waals surface area contributed by atoms with Gasteiger partial charge in [-0.15, -0.1) is 0 Å². The molecule has 0 aliphatic carbocycles. The molecule has 2 aromatic heterocycles. The van der Waals surface area contributed by atoms with E-state index in [1.54, 1.807) is 18.2 Å². The average Bonchev–Trinajstić information content (AvgIpc) is 4.15. The Hall–Kier alpha value is -6.94. The maximum absolute atomic E-state index is 14.3. The molecule has 3 fully saturated rings. The third kappa shape index (κ3) is 7.24. The van der Waals surface area contributed by atoms with Crippen molar-refractivity contribution < 1.29 is 41.0 Å². The Labute approximate surface area is 372 Å². The zero-order chi connectivity index (χ0) is 44.2. The van der Waals surface area contributed by atoms with Crippen molar-refractivity contribution in [2.24, 2.45) is 11.8 Å². The maximum atomic E-state index is 14.3. The summed E-state index contributed by atoms with van der Waals surface area (Å²) in [5.74, 6) is 1.84. The Morgan fingerprint density at radius 3 is 2.55 bits per heavy atom. The number of aromatic nitrogens is 4. The maximum Gasteiger partial charge on any atom is 0.407 e. The van der Waals surface area contributed by atoms with E-state index in [1.165, 1.54) is 14.2 Å². The molecule has 64 heavy (non-hydrogen) atoms. The highest BCUT2D eigenvalue weighted by atomic mass is 16.5. The first-order valence-electron chi connectivity index (χ1n) is 21.8. The fourth-order valence-electron chi connectivity index (χ4n) is 10.4. The molecule has 0 spiro atoms. The predicted molar refractivity (Wildman–Crippen MR) is 240 cm³/mol. The molecule has 334 valence electrons. The van der Waals surface area contributed by atoms with Gasteiger partial charge in [0.2, 0.25) is 5.91 Å². The molecule has 4 N–H and O–H groups in total. The SMILES string of the molecule is COC[C@H]1C[C@@H](c2ncc(-c3ccc4c(c3)COc3cc5c(ccc6[nH]c([C@@H]7CC[C@@H]8CC(C)[C@H](NC(=O)OC)C(=O)N87)nc65)cc3-4)[nH]2)N(C(=O)[C@H](NC(=O)OC)c2ccccc2)C1.[HH].[HH]. The summed E-state index contributed by atoms with van der Waals surface area (Å²) in [6.45, 7) is 3.28. The van der Waals surface area contributed by atoms with E-state index in [0.29, 0.717) is 37.6 Å². The largest absolute Gasteiger partial charge is 0.488 e. The van der Waals surface area contributed by atoms with Crippen molar-refractivity contribution in [2.75, 3.05) is 34.5 Å². The van der Waals surface area contributed by atoms with Crippen molar-refractivity contribution in [1.82, 2.24) is 40.4 Å². The Morgan fingerprint density at radius 2 is 1.75 bits per heavy atom. The van der Waals surface area contributed by atoms with Gasteiger partial charge < -0.3 is 49.3 Å². The number of amides is 4. The van der Waals surface area contributed by atoms with E-state index in [1.807, 2.05) is 48.2 Å². The molecule has 3 saturated heterocycles. The number of alkyl carbamates (subject to hydrolysis) is 2. The van der Waals surface area contributed by atoms with Crippen molar-refractivity contribution in [3.8, 4) is 28.1 Å². The lowest BCUT2D eigenvalue weighted by Crippen LogP contribution is -2.58. The van der Waals surface area contributed by atoms with Crippen LogP contribution in [-0.4, -0.2) is 100 Å². The van der Waals surface area contributed by atoms with Crippen LogP contribution in [0.4, 0.5) is 9.59 Å². The minimum absolute atomic E-state index is 0. The number of hydrogen-bond acceptors (Lipinski definition) is 10. The van der Waals surface area contributed by atoms with Gasteiger partial charge in [0.25, 0.3) is 5.91 Å². The minimum atomic E-state index is -0.946. The molecular formula is C48H54N8O8. The fraction of sp³-hybridized carbons (Fsp3) is 0.375. The molecule has 0 bridgehead atoms. The number of nitrogens with zero attached hydrogens (tertiary/aromatic N) is 4. The van der Waals surface area contributed by atoms with Crippen LogP contribution in [0.5, 0.6) is 5.75 Å². The summed E-state index contributed by atoms with van der Waals surface area (Å²) >= 11 is 0. The molecule has 4 amide bonds. The number of carbonyl (C=O) groups is 4. The van der Waals surface area contributed by atoms with Crippen LogP contribution >= 0.6 is 0 Å². The van der Waals surface area contributed by atoms with Crippen LogP contribution in [-0.2, 0) is 30.4 Å². The number of hydrogen-bond donors (Lipinski definition) is 4. The summed E-state index contributed by atoms with van der Waals surface area (Å²) in [6.07, 6.45) is 3.57. The summed E-state index contributed by atoms with van der Waals surface area (Å²) in [5, 5.41) is 7.45. The van der Waals surface area contributed by atoms with E-state index >= 15 is 0 Å². The average molecular weight is 871 g/mol. The van der Waals surface area contributed by atoms with Crippen molar-refractivity contribution >= 4 is 45.8 Å². The molecule has 0 radical (unpaired) electrons. The van der Waals surface area contributed by atoms with Gasteiger partial charge in [0.1, 0.15) is 36.1 Å². The lowest BCUT2D eigenvalue weighted by atomic mass is 9.88. The van der Waals surface area contributed by atoms with Crippen LogP contribution in [0.15, 0.2) is 79.0 Å². The summed E-state index contributed by atoms with van der Waals surface area (Å²) in [7, 11) is 4.23. The normalized spacial score (nSPS) is 23.0. The summed E-state index contributed by atoms with van der Waals surface area (Å²) < 4.78 is 21.7. The van der Waals surface area contributed by atoms with Gasteiger partial charge in [-0.1, -0.05) is 55.5 Å². The van der Waals surface area contributed by atoms with Crippen LogP contribution in [0, 0.1) is 11.8 Å². The van der Waals surface area contributed by atoms with E-state index in [-0.39, 0.29) is 44.6 Å². The lowest BCUT2D eigenvalue weighted by molar-refractivity contribution is -0.142. The molecule has 16 nitrogen and oxygen atoms in total. The number of piperidine rings is 1. The quantitative estimate of drug-likeness (QED) is 0.113. The Kier molecular flexibility index (Phi) is 10.7. The molecule has 4 aliphatic heterocycles. The topological polar surface area (TPSA) is 193 Å². The molecule has 6 heterocycles. The van der Waals surface area contributed by atoms with Gasteiger partial charge in [0, 0.05) is 39.4 Å². The molecular weight excluding hydrogens is 817 g/mol. The molecule has 10 rings (SSSR count). The van der Waals surface area contributed by atoms with Crippen molar-refractivity contribution in [2.45, 2.75) is 69.4 Å². The Morgan fingerprint density at radius 1 is 0.922 bits per heavy atom. The summed E-state index contributed by atoms with van der Waals surface area (Å²) in [6, 6.07) is 21.6. The molecule has 1 unspecified atom stereocenters. The minimum Gasteiger partial charge on any atom is -0.488 e. The molecule has 4 aliphatic rings. The van der Waals surface area contributed by atoms with Gasteiger partial charge in [-0.2, -0.15) is 0 Å². The molecule has 7 atom stereocenters. The number of H-pyrrole nitrogens is 2. The van der Waals surface area contributed by atoms with Gasteiger partial charge in [-0.25, -0.2) is 19.6 Å². The van der Waals surface area contributed by atoms with E-state index in [4.69, 9.17) is 28.9 Å². The van der Waals surface area contributed by atoms with Gasteiger partial charge in [-0.05, 0) is 83.5 Å². The first-order valence-corrected chi connectivity index (χ1v) is 21.8. The standard InChI is InChI=1S/C48H50N8O8.2H2/c1-25-16-31-12-15-37(56(31)46(58)40(25)53-47(59)62-3)44-50-35-14-11-28-19-34-32-13-10-29(18-30(32)24-64-39(34)20-33(28)42(35)52-44)36-21-49-43(51-36)38-17-26(23-61-2)22-55(38)45(57)41(54-48(60)63-4)27-8-6-5-7-9-27;;/h5-11,13-14,18-21,25-26,31,37-38,40-41H,12,15-17,22-24H2,1-4H3,(H,49,51)(H,50,52)(H,53,59)(H,54,60);2*1H/t25?,26-,31+,37-,38-,40-,41+;;/m0../s1. The molecule has 0 saturated carbocycles. The predicted octanol–water partition coefficient (Wildman–Crippen LogP) is 7.59. The van der Waals surface area contributed by atoms with Gasteiger partial charge in [0.15, 0.2) is 0 Å². The number of carbonyl (C=O) groups excluding carboxylic acids is 4. The number of benzene rings is 4. The number of methoxy groups -OCH3 is 3. The smallest absolute Gasteiger partial charge is 0.407 e. The number of rotatable bonds is 9. The van der Waals surface area contributed by atoms with Crippen LogP contribution in [0.3, 0.4) is 0 Å². The van der Waals surface area contributed by atoms with Crippen LogP contribution in [0.25, 0.3) is 44.2 Å². The van der Waals surface area contributed by atoms with E-state index in [2.05, 4.69) is 57.0 Å². The number of likely N-dealkylation sites (tertiary alicyclic amines) is 1. The molecule has 16 heteroatoms. The highest BCUT2D eigenvalue weighted by Crippen LogP contribution is 2.45. The lowest BCUT2D eigenvalue weighted by Gasteiger charge is -2.41. The number of ether oxygens (including phenoxy) is 4. The Balaban J connectivity index is 0.00000296. The number of fused-ring (bicyclic) bond motifs is 7. The first kappa shape index (κ1) is 41.1. The highest BCUT2D eigenvalue weighted by Gasteiger charge is 2.48. The highest BCUT2D eigenvalue weighted by molar-refractivity contribution is 6.07. The van der Waals surface area contributed by atoms with E-state index in [9.17, 15) is 19.2 Å². The zero-order valence-electron chi connectivity index (χ0n) is 36.1. The van der Waals surface area contributed by atoms with Gasteiger partial charge in [-0.3, -0.25) is 9.59 Å². The second-order valence-electron chi connectivity index (χ2n) is 17.4. The number of imidazole rings is 2. The van der Waals surface area contributed by atoms with Crippen LogP contribution in [0.2, 0.25) is 0 Å². The van der Waals surface area contributed by atoms with Crippen molar-refractivity contribution in [3.05, 3.63) is 102 Å². The third-order valence-corrected chi connectivity index (χ3v) is 13.5. The molecule has 4 aromatic carbocycles. The van der Waals surface area contributed by atoms with Crippen LogP contribution in [0.1, 0.15) is 76.4 Å². The van der Waals surface area contributed by atoms with Crippen molar-refractivity contribution in [1.29, 1.82) is 0 Å². The molecule has 6 aromatic rings. The second kappa shape index (κ2) is 16.6. The van der Waals surface area contributed by atoms with Crippen LogP contribution < -0.4 is 15.4 Å². The Bertz CT molecular complexity index is 2800.